The van der Waals surface area contributed by atoms with Gasteiger partial charge in [-0.05, 0) is 17.7 Å². The molecule has 1 unspecified atom stereocenters. The summed E-state index contributed by atoms with van der Waals surface area (Å²) in [6.07, 6.45) is 3.08. The molecule has 1 aromatic heterocycles. The molecular formula is C17H15F2N3O. The molecule has 1 N–H and O–H groups in total. The Morgan fingerprint density at radius 2 is 1.87 bits per heavy atom. The molecule has 0 radical (unpaired) electrons. The number of aliphatic hydroxyl groups is 1. The highest BCUT2D eigenvalue weighted by molar-refractivity contribution is 5.36. The van der Waals surface area contributed by atoms with Crippen LogP contribution in [0.25, 0.3) is 0 Å². The number of rotatable bonds is 5. The van der Waals surface area contributed by atoms with Crippen LogP contribution < -0.4 is 0 Å². The molecule has 0 aliphatic rings. The Labute approximate surface area is 132 Å². The van der Waals surface area contributed by atoms with Crippen LogP contribution in [0.1, 0.15) is 17.5 Å². The predicted octanol–water partition coefficient (Wildman–Crippen LogP) is 2.88. The molecule has 0 bridgehead atoms. The number of nitrogens with zero attached hydrogens (tertiary/aromatic N) is 3. The molecule has 1 atom stereocenters. The lowest BCUT2D eigenvalue weighted by atomic mass is 9.83. The topological polar surface area (TPSA) is 50.9 Å². The lowest BCUT2D eigenvalue weighted by Gasteiger charge is -2.29. The molecule has 3 aromatic rings. The first-order valence-corrected chi connectivity index (χ1v) is 7.15. The van der Waals surface area contributed by atoms with Gasteiger partial charge in [-0.3, -0.25) is 4.68 Å². The van der Waals surface area contributed by atoms with Gasteiger partial charge in [-0.25, -0.2) is 13.8 Å². The van der Waals surface area contributed by atoms with Gasteiger partial charge >= 0.3 is 0 Å². The minimum absolute atomic E-state index is 0.0326. The van der Waals surface area contributed by atoms with Crippen molar-refractivity contribution in [1.82, 2.24) is 14.8 Å². The number of hydrogen-bond donors (Lipinski definition) is 1. The van der Waals surface area contributed by atoms with Gasteiger partial charge < -0.3 is 5.11 Å². The minimum Gasteiger partial charge on any atom is -0.380 e. The van der Waals surface area contributed by atoms with Crippen molar-refractivity contribution in [2.45, 2.75) is 18.6 Å². The first kappa shape index (κ1) is 15.3. The zero-order valence-electron chi connectivity index (χ0n) is 12.2. The highest BCUT2D eigenvalue weighted by Gasteiger charge is 2.34. The van der Waals surface area contributed by atoms with Crippen molar-refractivity contribution >= 4 is 0 Å². The number of hydrogen-bond acceptors (Lipinski definition) is 3. The van der Waals surface area contributed by atoms with E-state index in [0.717, 1.165) is 12.1 Å². The van der Waals surface area contributed by atoms with Crippen molar-refractivity contribution in [2.24, 2.45) is 0 Å². The molecule has 118 valence electrons. The fourth-order valence-corrected chi connectivity index (χ4v) is 2.60. The van der Waals surface area contributed by atoms with E-state index in [4.69, 9.17) is 0 Å². The van der Waals surface area contributed by atoms with Crippen LogP contribution in [0.15, 0.2) is 61.2 Å². The summed E-state index contributed by atoms with van der Waals surface area (Å²) in [6.45, 7) is 0.336. The van der Waals surface area contributed by atoms with Crippen LogP contribution in [0, 0.1) is 11.6 Å². The summed E-state index contributed by atoms with van der Waals surface area (Å²) in [6, 6.07) is 11.9. The molecule has 23 heavy (non-hydrogen) atoms. The van der Waals surface area contributed by atoms with Crippen molar-refractivity contribution in [2.75, 3.05) is 0 Å². The van der Waals surface area contributed by atoms with E-state index in [0.29, 0.717) is 12.1 Å². The SMILES string of the molecule is OC(CCn1cncn1)(c1ccccc1)c1ccc(F)cc1F. The van der Waals surface area contributed by atoms with Crippen LogP contribution in [-0.4, -0.2) is 19.9 Å². The van der Waals surface area contributed by atoms with Crippen LogP contribution >= 0.6 is 0 Å². The molecule has 0 fully saturated rings. The van der Waals surface area contributed by atoms with Crippen molar-refractivity contribution in [3.05, 3.63) is 83.9 Å². The second kappa shape index (κ2) is 6.26. The van der Waals surface area contributed by atoms with Gasteiger partial charge in [0.2, 0.25) is 0 Å². The number of halogens is 2. The third-order valence-corrected chi connectivity index (χ3v) is 3.80. The Morgan fingerprint density at radius 3 is 2.52 bits per heavy atom. The summed E-state index contributed by atoms with van der Waals surface area (Å²) in [4.78, 5) is 3.84. The van der Waals surface area contributed by atoms with E-state index in [1.165, 1.54) is 18.7 Å². The smallest absolute Gasteiger partial charge is 0.137 e. The summed E-state index contributed by atoms with van der Waals surface area (Å²) >= 11 is 0. The highest BCUT2D eigenvalue weighted by atomic mass is 19.1. The zero-order valence-corrected chi connectivity index (χ0v) is 12.2. The molecule has 0 aliphatic heterocycles. The van der Waals surface area contributed by atoms with Crippen LogP contribution in [0.4, 0.5) is 8.78 Å². The van der Waals surface area contributed by atoms with Gasteiger partial charge in [0.15, 0.2) is 0 Å². The maximum Gasteiger partial charge on any atom is 0.137 e. The first-order valence-electron chi connectivity index (χ1n) is 7.15. The Bertz CT molecular complexity index is 778. The molecule has 0 amide bonds. The zero-order chi connectivity index (χ0) is 16.3. The average molecular weight is 315 g/mol. The first-order chi connectivity index (χ1) is 11.1. The number of benzene rings is 2. The minimum atomic E-state index is -1.59. The van der Waals surface area contributed by atoms with E-state index in [-0.39, 0.29) is 12.0 Å². The van der Waals surface area contributed by atoms with Gasteiger partial charge in [0, 0.05) is 24.6 Å². The standard InChI is InChI=1S/C17H15F2N3O/c18-14-6-7-15(16(19)10-14)17(23,13-4-2-1-3-5-13)8-9-22-12-20-11-21-22/h1-7,10-12,23H,8-9H2. The van der Waals surface area contributed by atoms with Crippen LogP contribution in [0.3, 0.4) is 0 Å². The summed E-state index contributed by atoms with van der Waals surface area (Å²) in [7, 11) is 0. The Morgan fingerprint density at radius 1 is 1.09 bits per heavy atom. The number of aryl methyl sites for hydroxylation is 1. The van der Waals surface area contributed by atoms with Gasteiger partial charge in [0.05, 0.1) is 0 Å². The average Bonchev–Trinajstić information content (AvgIpc) is 3.07. The molecule has 2 aromatic carbocycles. The molecular weight excluding hydrogens is 300 g/mol. The van der Waals surface area contributed by atoms with Crippen molar-refractivity contribution in [3.8, 4) is 0 Å². The van der Waals surface area contributed by atoms with E-state index >= 15 is 0 Å². The van der Waals surface area contributed by atoms with E-state index in [1.54, 1.807) is 28.9 Å². The normalized spacial score (nSPS) is 13.7. The lowest BCUT2D eigenvalue weighted by molar-refractivity contribution is 0.0610. The molecule has 0 saturated carbocycles. The maximum atomic E-state index is 14.3. The third kappa shape index (κ3) is 3.12. The van der Waals surface area contributed by atoms with Gasteiger partial charge in [-0.15, -0.1) is 0 Å². The van der Waals surface area contributed by atoms with Crippen molar-refractivity contribution < 1.29 is 13.9 Å². The monoisotopic (exact) mass is 315 g/mol. The van der Waals surface area contributed by atoms with Crippen molar-refractivity contribution in [3.63, 3.8) is 0 Å². The summed E-state index contributed by atoms with van der Waals surface area (Å²) in [5.41, 5.74) is -1.03. The summed E-state index contributed by atoms with van der Waals surface area (Å²) in [5.74, 6) is -1.46. The van der Waals surface area contributed by atoms with Gasteiger partial charge in [-0.2, -0.15) is 5.10 Å². The molecule has 0 spiro atoms. The Hall–Kier alpha value is -2.60. The molecule has 4 nitrogen and oxygen atoms in total. The van der Waals surface area contributed by atoms with E-state index < -0.39 is 17.2 Å². The summed E-state index contributed by atoms with van der Waals surface area (Å²) in [5, 5.41) is 15.2. The fourth-order valence-electron chi connectivity index (χ4n) is 2.60. The predicted molar refractivity (Wildman–Crippen MR) is 80.4 cm³/mol. The second-order valence-corrected chi connectivity index (χ2v) is 5.26. The van der Waals surface area contributed by atoms with Gasteiger partial charge in [-0.1, -0.05) is 30.3 Å². The maximum absolute atomic E-state index is 14.3. The van der Waals surface area contributed by atoms with E-state index in [1.807, 2.05) is 6.07 Å². The van der Waals surface area contributed by atoms with Gasteiger partial charge in [0.1, 0.15) is 29.9 Å². The molecule has 0 saturated heterocycles. The lowest BCUT2D eigenvalue weighted by Crippen LogP contribution is -2.30. The van der Waals surface area contributed by atoms with E-state index in [2.05, 4.69) is 10.1 Å². The van der Waals surface area contributed by atoms with Gasteiger partial charge in [0.25, 0.3) is 0 Å². The Balaban J connectivity index is 2.02. The number of aromatic nitrogens is 3. The molecule has 0 aliphatic carbocycles. The van der Waals surface area contributed by atoms with Crippen molar-refractivity contribution in [1.29, 1.82) is 0 Å². The second-order valence-electron chi connectivity index (χ2n) is 5.26. The fraction of sp³-hybridized carbons (Fsp3) is 0.176. The van der Waals surface area contributed by atoms with Crippen LogP contribution in [-0.2, 0) is 12.1 Å². The van der Waals surface area contributed by atoms with E-state index in [9.17, 15) is 13.9 Å². The van der Waals surface area contributed by atoms with Crippen LogP contribution in [0.2, 0.25) is 0 Å². The summed E-state index contributed by atoms with van der Waals surface area (Å²) < 4.78 is 29.0. The largest absolute Gasteiger partial charge is 0.380 e. The molecule has 1 heterocycles. The third-order valence-electron chi connectivity index (χ3n) is 3.80. The quantitative estimate of drug-likeness (QED) is 0.787. The molecule has 6 heteroatoms. The van der Waals surface area contributed by atoms with Crippen LogP contribution in [0.5, 0.6) is 0 Å². The Kier molecular flexibility index (Phi) is 4.16. The highest BCUT2D eigenvalue weighted by Crippen LogP contribution is 2.35. The molecule has 3 rings (SSSR count).